The smallest absolute Gasteiger partial charge is 0.365 e. The van der Waals surface area contributed by atoms with Crippen molar-refractivity contribution in [1.29, 1.82) is 0 Å². The third kappa shape index (κ3) is 5.48. The Balaban J connectivity index is 0.00000116. The lowest BCUT2D eigenvalue weighted by Gasteiger charge is -2.40. The van der Waals surface area contributed by atoms with Crippen molar-refractivity contribution in [1.82, 2.24) is 9.88 Å². The van der Waals surface area contributed by atoms with E-state index in [1.165, 1.54) is 10.5 Å². The summed E-state index contributed by atoms with van der Waals surface area (Å²) in [6.45, 7) is 10.2. The molecule has 0 atom stereocenters. The second-order valence-corrected chi connectivity index (χ2v) is 5.73. The van der Waals surface area contributed by atoms with Crippen LogP contribution in [0, 0.1) is 6.92 Å². The predicted molar refractivity (Wildman–Crippen MR) is 84.3 cm³/mol. The molecule has 2 rings (SSSR count). The molecule has 1 aliphatic rings. The summed E-state index contributed by atoms with van der Waals surface area (Å²) in [5, 5.41) is 3.20. The predicted octanol–water partition coefficient (Wildman–Crippen LogP) is 4.20. The van der Waals surface area contributed by atoms with E-state index in [0.717, 1.165) is 11.4 Å². The lowest BCUT2D eigenvalue weighted by molar-refractivity contribution is -0.153. The summed E-state index contributed by atoms with van der Waals surface area (Å²) >= 11 is 0. The quantitative estimate of drug-likeness (QED) is 0.902. The molecule has 1 fully saturated rings. The van der Waals surface area contributed by atoms with E-state index in [0.29, 0.717) is 19.0 Å². The van der Waals surface area contributed by atoms with E-state index in [-0.39, 0.29) is 6.04 Å². The van der Waals surface area contributed by atoms with Crippen LogP contribution < -0.4 is 5.32 Å². The van der Waals surface area contributed by atoms with Gasteiger partial charge in [0.25, 0.3) is 0 Å². The largest absolute Gasteiger partial charge is 0.401 e. The molecule has 1 aliphatic heterocycles. The molecule has 0 radical (unpaired) electrons. The third-order valence-corrected chi connectivity index (χ3v) is 3.48. The monoisotopic (exact) mass is 317 g/mol. The van der Waals surface area contributed by atoms with Gasteiger partial charge in [0.2, 0.25) is 0 Å². The van der Waals surface area contributed by atoms with Crippen molar-refractivity contribution >= 4 is 5.82 Å². The average molecular weight is 317 g/mol. The minimum absolute atomic E-state index is 0.0487. The highest BCUT2D eigenvalue weighted by Crippen LogP contribution is 2.24. The molecule has 1 N–H and O–H groups in total. The molecule has 0 unspecified atom stereocenters. The first-order valence-corrected chi connectivity index (χ1v) is 7.77. The number of aromatic nitrogens is 1. The number of pyridine rings is 1. The van der Waals surface area contributed by atoms with Crippen LogP contribution >= 0.6 is 0 Å². The van der Waals surface area contributed by atoms with Gasteiger partial charge in [-0.1, -0.05) is 27.7 Å². The van der Waals surface area contributed by atoms with Crippen molar-refractivity contribution in [3.63, 3.8) is 0 Å². The molecule has 126 valence electrons. The highest BCUT2D eigenvalue weighted by Gasteiger charge is 2.37. The lowest BCUT2D eigenvalue weighted by atomic mass is 10.00. The molecule has 0 spiro atoms. The van der Waals surface area contributed by atoms with Crippen LogP contribution in [-0.2, 0) is 0 Å². The number of alkyl halides is 3. The number of halogens is 3. The van der Waals surface area contributed by atoms with Gasteiger partial charge in [-0.2, -0.15) is 13.2 Å². The van der Waals surface area contributed by atoms with Crippen LogP contribution in [-0.4, -0.2) is 41.7 Å². The van der Waals surface area contributed by atoms with Gasteiger partial charge in [0.1, 0.15) is 5.82 Å². The van der Waals surface area contributed by atoms with Gasteiger partial charge >= 0.3 is 6.18 Å². The fourth-order valence-corrected chi connectivity index (χ4v) is 2.49. The Bertz CT molecular complexity index is 466. The van der Waals surface area contributed by atoms with E-state index < -0.39 is 12.7 Å². The summed E-state index contributed by atoms with van der Waals surface area (Å²) in [5.74, 6) is 1.15. The topological polar surface area (TPSA) is 28.2 Å². The van der Waals surface area contributed by atoms with Gasteiger partial charge in [0.05, 0.1) is 12.6 Å². The Morgan fingerprint density at radius 3 is 2.41 bits per heavy atom. The van der Waals surface area contributed by atoms with Crippen molar-refractivity contribution in [3.8, 4) is 0 Å². The zero-order valence-corrected chi connectivity index (χ0v) is 14.0. The zero-order valence-electron chi connectivity index (χ0n) is 14.0. The summed E-state index contributed by atoms with van der Waals surface area (Å²) < 4.78 is 36.6. The van der Waals surface area contributed by atoms with Crippen LogP contribution in [0.25, 0.3) is 0 Å². The number of anilines is 1. The highest BCUT2D eigenvalue weighted by molar-refractivity contribution is 5.43. The van der Waals surface area contributed by atoms with Gasteiger partial charge < -0.3 is 5.32 Å². The Morgan fingerprint density at radius 1 is 1.32 bits per heavy atom. The Kier molecular flexibility index (Phi) is 6.66. The second kappa shape index (κ2) is 7.81. The van der Waals surface area contributed by atoms with Gasteiger partial charge in [0, 0.05) is 19.3 Å². The lowest BCUT2D eigenvalue weighted by Crippen LogP contribution is -2.57. The number of likely N-dealkylation sites (tertiary alicyclic amines) is 1. The van der Waals surface area contributed by atoms with E-state index in [9.17, 15) is 13.2 Å². The molecular formula is C16H26F3N3. The SMILES string of the molecule is CC.Cc1cnc(NC2CN(CC(F)(F)F)C2)cc1C(C)C. The van der Waals surface area contributed by atoms with Gasteiger partial charge in [-0.3, -0.25) is 4.90 Å². The maximum absolute atomic E-state index is 12.2. The summed E-state index contributed by atoms with van der Waals surface area (Å²) in [4.78, 5) is 5.68. The zero-order chi connectivity index (χ0) is 16.9. The van der Waals surface area contributed by atoms with Crippen LogP contribution in [0.2, 0.25) is 0 Å². The van der Waals surface area contributed by atoms with Crippen LogP contribution in [0.15, 0.2) is 12.3 Å². The second-order valence-electron chi connectivity index (χ2n) is 5.73. The van der Waals surface area contributed by atoms with E-state index in [4.69, 9.17) is 0 Å². The highest BCUT2D eigenvalue weighted by atomic mass is 19.4. The molecule has 0 aromatic carbocycles. The normalized spacial score (nSPS) is 16.0. The molecular weight excluding hydrogens is 291 g/mol. The molecule has 1 aromatic rings. The number of nitrogens with zero attached hydrogens (tertiary/aromatic N) is 2. The van der Waals surface area contributed by atoms with Crippen molar-refractivity contribution in [2.45, 2.75) is 52.8 Å². The van der Waals surface area contributed by atoms with Gasteiger partial charge in [0.15, 0.2) is 0 Å². The Labute approximate surface area is 130 Å². The fraction of sp³-hybridized carbons (Fsp3) is 0.688. The van der Waals surface area contributed by atoms with Crippen LogP contribution in [0.5, 0.6) is 0 Å². The third-order valence-electron chi connectivity index (χ3n) is 3.48. The number of hydrogen-bond donors (Lipinski definition) is 1. The fourth-order valence-electron chi connectivity index (χ4n) is 2.49. The van der Waals surface area contributed by atoms with Crippen LogP contribution in [0.3, 0.4) is 0 Å². The molecule has 2 heterocycles. The summed E-state index contributed by atoms with van der Waals surface area (Å²) in [6.07, 6.45) is -2.30. The van der Waals surface area contributed by atoms with Crippen molar-refractivity contribution < 1.29 is 13.2 Å². The van der Waals surface area contributed by atoms with E-state index in [1.807, 2.05) is 33.0 Å². The number of nitrogens with one attached hydrogen (secondary N) is 1. The average Bonchev–Trinajstić information content (AvgIpc) is 2.39. The number of hydrogen-bond acceptors (Lipinski definition) is 3. The first-order valence-electron chi connectivity index (χ1n) is 7.77. The van der Waals surface area contributed by atoms with Crippen molar-refractivity contribution in [3.05, 3.63) is 23.4 Å². The number of rotatable bonds is 4. The minimum atomic E-state index is -4.11. The minimum Gasteiger partial charge on any atom is -0.365 e. The van der Waals surface area contributed by atoms with Gasteiger partial charge in [-0.05, 0) is 30.0 Å². The Hall–Kier alpha value is -1.30. The maximum Gasteiger partial charge on any atom is 0.401 e. The molecule has 0 saturated carbocycles. The van der Waals surface area contributed by atoms with Gasteiger partial charge in [-0.15, -0.1) is 0 Å². The first-order chi connectivity index (χ1) is 10.2. The molecule has 1 saturated heterocycles. The molecule has 0 bridgehead atoms. The van der Waals surface area contributed by atoms with E-state index in [1.54, 1.807) is 0 Å². The summed E-state index contributed by atoms with van der Waals surface area (Å²) in [6, 6.07) is 2.04. The van der Waals surface area contributed by atoms with E-state index >= 15 is 0 Å². The van der Waals surface area contributed by atoms with Gasteiger partial charge in [-0.25, -0.2) is 4.98 Å². The Morgan fingerprint density at radius 2 is 1.91 bits per heavy atom. The molecule has 3 nitrogen and oxygen atoms in total. The standard InChI is InChI=1S/C14H20F3N3.C2H6/c1-9(2)12-4-13(18-5-10(12)3)19-11-6-20(7-11)8-14(15,16)17;1-2/h4-5,9,11H,6-8H2,1-3H3,(H,18,19);1-2H3. The molecule has 0 amide bonds. The first kappa shape index (κ1) is 18.7. The van der Waals surface area contributed by atoms with Crippen LogP contribution in [0.4, 0.5) is 19.0 Å². The number of aryl methyl sites for hydroxylation is 1. The van der Waals surface area contributed by atoms with Crippen molar-refractivity contribution in [2.75, 3.05) is 25.0 Å². The van der Waals surface area contributed by atoms with Crippen molar-refractivity contribution in [2.24, 2.45) is 0 Å². The summed E-state index contributed by atoms with van der Waals surface area (Å²) in [7, 11) is 0. The molecule has 6 heteroatoms. The van der Waals surface area contributed by atoms with E-state index in [2.05, 4.69) is 24.1 Å². The molecule has 1 aromatic heterocycles. The molecule has 0 aliphatic carbocycles. The maximum atomic E-state index is 12.2. The molecule has 22 heavy (non-hydrogen) atoms. The van der Waals surface area contributed by atoms with Crippen LogP contribution in [0.1, 0.15) is 44.7 Å². The summed E-state index contributed by atoms with van der Waals surface area (Å²) in [5.41, 5.74) is 2.35.